The van der Waals surface area contributed by atoms with E-state index >= 15 is 0 Å². The number of esters is 1. The third-order valence-electron chi connectivity index (χ3n) is 4.74. The van der Waals surface area contributed by atoms with Gasteiger partial charge >= 0.3 is 5.97 Å². The lowest BCUT2D eigenvalue weighted by molar-refractivity contribution is -0.122. The van der Waals surface area contributed by atoms with Gasteiger partial charge in [-0.25, -0.2) is 4.79 Å². The summed E-state index contributed by atoms with van der Waals surface area (Å²) in [7, 11) is 1.35. The lowest BCUT2D eigenvalue weighted by Gasteiger charge is -2.17. The zero-order chi connectivity index (χ0) is 17.8. The van der Waals surface area contributed by atoms with E-state index in [1.165, 1.54) is 44.6 Å². The molecule has 1 amide bonds. The number of thiocarbonyl (C=S) groups is 1. The summed E-state index contributed by atoms with van der Waals surface area (Å²) < 4.78 is 5.33. The molecule has 6 heteroatoms. The summed E-state index contributed by atoms with van der Waals surface area (Å²) in [5.74, 6) is 0.356. The first kappa shape index (κ1) is 18.1. The molecule has 0 aromatic heterocycles. The molecule has 0 bridgehead atoms. The first-order chi connectivity index (χ1) is 12.1. The van der Waals surface area contributed by atoms with Crippen LogP contribution >= 0.6 is 24.0 Å². The molecule has 132 valence electrons. The molecule has 0 spiro atoms. The number of benzene rings is 1. The van der Waals surface area contributed by atoms with Crippen LogP contribution in [-0.4, -0.2) is 34.8 Å². The number of hydrogen-bond donors (Lipinski definition) is 0. The van der Waals surface area contributed by atoms with E-state index in [0.29, 0.717) is 21.3 Å². The van der Waals surface area contributed by atoms with Crippen molar-refractivity contribution < 1.29 is 14.3 Å². The van der Waals surface area contributed by atoms with Crippen molar-refractivity contribution in [1.82, 2.24) is 4.90 Å². The Hall–Kier alpha value is -1.66. The van der Waals surface area contributed by atoms with E-state index in [0.717, 1.165) is 17.9 Å². The number of methoxy groups -OCH3 is 1. The van der Waals surface area contributed by atoms with Gasteiger partial charge < -0.3 is 4.74 Å². The number of carbonyl (C=O) groups is 2. The molecule has 0 N–H and O–H groups in total. The molecular formula is C19H21NO3S2. The largest absolute Gasteiger partial charge is 0.465 e. The van der Waals surface area contributed by atoms with Gasteiger partial charge in [-0.1, -0.05) is 61.8 Å². The number of hydrogen-bond acceptors (Lipinski definition) is 5. The fourth-order valence-corrected chi connectivity index (χ4v) is 4.60. The molecule has 25 heavy (non-hydrogen) atoms. The Morgan fingerprint density at radius 3 is 2.64 bits per heavy atom. The Bertz CT molecular complexity index is 706. The second-order valence-electron chi connectivity index (χ2n) is 6.39. The second-order valence-corrected chi connectivity index (χ2v) is 8.06. The van der Waals surface area contributed by atoms with Gasteiger partial charge in [-0.3, -0.25) is 9.69 Å². The van der Waals surface area contributed by atoms with E-state index in [9.17, 15) is 9.59 Å². The molecule has 1 aromatic carbocycles. The molecule has 1 saturated heterocycles. The lowest BCUT2D eigenvalue weighted by atomic mass is 10.0. The summed E-state index contributed by atoms with van der Waals surface area (Å²) in [6.45, 7) is 0.716. The van der Waals surface area contributed by atoms with Gasteiger partial charge in [-0.05, 0) is 36.1 Å². The molecule has 1 saturated carbocycles. The second kappa shape index (κ2) is 8.15. The Balaban J connectivity index is 1.66. The van der Waals surface area contributed by atoms with Gasteiger partial charge in [0.15, 0.2) is 0 Å². The van der Waals surface area contributed by atoms with Crippen molar-refractivity contribution in [2.24, 2.45) is 5.92 Å². The summed E-state index contributed by atoms with van der Waals surface area (Å²) in [4.78, 5) is 26.5. The van der Waals surface area contributed by atoms with Crippen molar-refractivity contribution in [2.75, 3.05) is 13.7 Å². The number of nitrogens with zero attached hydrogens (tertiary/aromatic N) is 1. The maximum Gasteiger partial charge on any atom is 0.337 e. The fourth-order valence-electron chi connectivity index (χ4n) is 3.29. The average molecular weight is 376 g/mol. The van der Waals surface area contributed by atoms with Crippen molar-refractivity contribution in [3.8, 4) is 0 Å². The predicted molar refractivity (Wildman–Crippen MR) is 104 cm³/mol. The molecule has 1 aliphatic carbocycles. The third kappa shape index (κ3) is 4.30. The van der Waals surface area contributed by atoms with Crippen LogP contribution in [0.3, 0.4) is 0 Å². The normalized spacial score (nSPS) is 19.9. The van der Waals surface area contributed by atoms with E-state index < -0.39 is 0 Å². The van der Waals surface area contributed by atoms with Crippen LogP contribution in [0.1, 0.15) is 48.0 Å². The van der Waals surface area contributed by atoms with Crippen LogP contribution in [0.2, 0.25) is 0 Å². The van der Waals surface area contributed by atoms with Gasteiger partial charge in [-0.2, -0.15) is 0 Å². The Labute approximate surface area is 157 Å². The van der Waals surface area contributed by atoms with Gasteiger partial charge in [0.2, 0.25) is 0 Å². The van der Waals surface area contributed by atoms with Gasteiger partial charge in [-0.15, -0.1) is 0 Å². The van der Waals surface area contributed by atoms with Crippen molar-refractivity contribution in [2.45, 2.75) is 32.1 Å². The number of ether oxygens (including phenoxy) is 1. The summed E-state index contributed by atoms with van der Waals surface area (Å²) in [5.41, 5.74) is 1.35. The number of amides is 1. The molecule has 0 radical (unpaired) electrons. The molecular weight excluding hydrogens is 354 g/mol. The smallest absolute Gasteiger partial charge is 0.337 e. The SMILES string of the molecule is COC(=O)c1ccc(C=C2SC(=S)N(CCC3CCCC3)C2=O)cc1. The monoisotopic (exact) mass is 375 g/mol. The first-order valence-electron chi connectivity index (χ1n) is 8.52. The number of rotatable bonds is 5. The molecule has 1 aromatic rings. The van der Waals surface area contributed by atoms with Crippen molar-refractivity contribution in [3.05, 3.63) is 40.3 Å². The number of thioether (sulfide) groups is 1. The molecule has 0 atom stereocenters. The topological polar surface area (TPSA) is 46.6 Å². The van der Waals surface area contributed by atoms with Gasteiger partial charge in [0.25, 0.3) is 5.91 Å². The Morgan fingerprint density at radius 1 is 1.32 bits per heavy atom. The van der Waals surface area contributed by atoms with Gasteiger partial charge in [0.05, 0.1) is 17.6 Å². The van der Waals surface area contributed by atoms with Crippen LogP contribution in [-0.2, 0) is 9.53 Å². The molecule has 2 aliphatic rings. The standard InChI is InChI=1S/C19H21NO3S2/c1-23-18(22)15-8-6-14(7-9-15)12-16-17(21)20(19(24)25-16)11-10-13-4-2-3-5-13/h6-9,12-13H,2-5,10-11H2,1H3. The fraction of sp³-hybridized carbons (Fsp3) is 0.421. The van der Waals surface area contributed by atoms with Gasteiger partial charge in [0.1, 0.15) is 4.32 Å². The van der Waals surface area contributed by atoms with Crippen molar-refractivity contribution in [1.29, 1.82) is 0 Å². The molecule has 0 unspecified atom stereocenters. The maximum absolute atomic E-state index is 12.6. The maximum atomic E-state index is 12.6. The van der Waals surface area contributed by atoms with Crippen LogP contribution in [0.4, 0.5) is 0 Å². The Kier molecular flexibility index (Phi) is 5.91. The minimum Gasteiger partial charge on any atom is -0.465 e. The van der Waals surface area contributed by atoms with Crippen LogP contribution in [0, 0.1) is 5.92 Å². The highest BCUT2D eigenvalue weighted by Gasteiger charge is 2.32. The van der Waals surface area contributed by atoms with Crippen LogP contribution in [0.15, 0.2) is 29.2 Å². The van der Waals surface area contributed by atoms with E-state index in [-0.39, 0.29) is 11.9 Å². The Morgan fingerprint density at radius 2 is 2.00 bits per heavy atom. The molecule has 1 heterocycles. The highest BCUT2D eigenvalue weighted by atomic mass is 32.2. The minimum absolute atomic E-state index is 0.00922. The zero-order valence-electron chi connectivity index (χ0n) is 14.2. The summed E-state index contributed by atoms with van der Waals surface area (Å²) in [6, 6.07) is 6.99. The van der Waals surface area contributed by atoms with Crippen LogP contribution in [0.5, 0.6) is 0 Å². The zero-order valence-corrected chi connectivity index (χ0v) is 15.8. The molecule has 3 rings (SSSR count). The molecule has 4 nitrogen and oxygen atoms in total. The highest BCUT2D eigenvalue weighted by Crippen LogP contribution is 2.34. The van der Waals surface area contributed by atoms with Crippen LogP contribution in [0.25, 0.3) is 6.08 Å². The predicted octanol–water partition coefficient (Wildman–Crippen LogP) is 4.25. The summed E-state index contributed by atoms with van der Waals surface area (Å²) in [6.07, 6.45) is 8.03. The quantitative estimate of drug-likeness (QED) is 0.437. The first-order valence-corrected chi connectivity index (χ1v) is 9.74. The molecule has 2 fully saturated rings. The van der Waals surface area contributed by atoms with Gasteiger partial charge in [0, 0.05) is 6.54 Å². The van der Waals surface area contributed by atoms with Crippen molar-refractivity contribution in [3.63, 3.8) is 0 Å². The molecule has 1 aliphatic heterocycles. The van der Waals surface area contributed by atoms with Crippen molar-refractivity contribution >= 4 is 46.3 Å². The highest BCUT2D eigenvalue weighted by molar-refractivity contribution is 8.26. The van der Waals surface area contributed by atoms with E-state index in [2.05, 4.69) is 4.74 Å². The van der Waals surface area contributed by atoms with E-state index in [1.807, 2.05) is 6.08 Å². The van der Waals surface area contributed by atoms with E-state index in [1.54, 1.807) is 29.2 Å². The minimum atomic E-state index is -0.371. The average Bonchev–Trinajstić information content (AvgIpc) is 3.22. The summed E-state index contributed by atoms with van der Waals surface area (Å²) >= 11 is 6.74. The summed E-state index contributed by atoms with van der Waals surface area (Å²) in [5, 5.41) is 0. The third-order valence-corrected chi connectivity index (χ3v) is 6.12. The van der Waals surface area contributed by atoms with E-state index in [4.69, 9.17) is 12.2 Å². The number of carbonyl (C=O) groups excluding carboxylic acids is 2. The lowest BCUT2D eigenvalue weighted by Crippen LogP contribution is -2.30. The van der Waals surface area contributed by atoms with Crippen LogP contribution < -0.4 is 0 Å².